The number of aryl methyl sites for hydroxylation is 1. The molecule has 1 unspecified atom stereocenters. The van der Waals surface area contributed by atoms with Crippen LogP contribution >= 0.6 is 22.6 Å². The molecule has 2 aromatic carbocycles. The number of nitrogens with one attached hydrogen (secondary N) is 1. The van der Waals surface area contributed by atoms with E-state index in [-0.39, 0.29) is 18.0 Å². The average molecular weight is 753 g/mol. The fraction of sp³-hybridized carbons (Fsp3) is 0.459. The van der Waals surface area contributed by atoms with Gasteiger partial charge in [-0.05, 0) is 117 Å². The van der Waals surface area contributed by atoms with Gasteiger partial charge in [-0.25, -0.2) is 0 Å². The van der Waals surface area contributed by atoms with E-state index in [0.29, 0.717) is 30.3 Å². The van der Waals surface area contributed by atoms with E-state index in [1.807, 2.05) is 55.3 Å². The first-order valence-corrected chi connectivity index (χ1v) is 18.0. The molecule has 0 saturated carbocycles. The molecule has 10 heteroatoms. The molecule has 1 aromatic heterocycles. The van der Waals surface area contributed by atoms with Gasteiger partial charge in [0.15, 0.2) is 22.9 Å². The summed E-state index contributed by atoms with van der Waals surface area (Å²) in [7, 11) is 1.64. The summed E-state index contributed by atoms with van der Waals surface area (Å²) >= 11 is 2.30. The number of rotatable bonds is 13. The minimum absolute atomic E-state index is 0.0153. The van der Waals surface area contributed by atoms with Crippen molar-refractivity contribution < 1.29 is 23.7 Å². The van der Waals surface area contributed by atoms with Gasteiger partial charge < -0.3 is 29.3 Å². The monoisotopic (exact) mass is 752 g/mol. The average Bonchev–Trinajstić information content (AvgIpc) is 3.30. The number of carbonyl (C=O) groups excluding carboxylic acids is 1. The van der Waals surface area contributed by atoms with Gasteiger partial charge in [-0.1, -0.05) is 25.7 Å². The van der Waals surface area contributed by atoms with Gasteiger partial charge in [-0.3, -0.25) is 9.69 Å². The Balaban J connectivity index is 0.910. The third-order valence-electron chi connectivity index (χ3n) is 9.36. The number of ether oxygens (including phenoxy) is 3. The van der Waals surface area contributed by atoms with Gasteiger partial charge in [0.1, 0.15) is 11.9 Å². The lowest BCUT2D eigenvalue weighted by Gasteiger charge is -2.36. The molecule has 3 heterocycles. The molecule has 3 aromatic rings. The second-order valence-electron chi connectivity index (χ2n) is 12.7. The maximum absolute atomic E-state index is 13.6. The predicted octanol–water partition coefficient (Wildman–Crippen LogP) is 8.25. The SMILES string of the molecule is COc1c(OCCCCCCCCOc2ccc3c(c2)C(=O)N(c2ccc(I)cc2C)C(C)N3)cn2c1C=[N+]([O-])C1=CCCC[C@H]1C2. The molecular weight excluding hydrogens is 707 g/mol. The molecule has 1 N–H and O–H groups in total. The van der Waals surface area contributed by atoms with Crippen molar-refractivity contribution in [2.75, 3.05) is 30.5 Å². The van der Waals surface area contributed by atoms with Gasteiger partial charge >= 0.3 is 0 Å². The number of anilines is 2. The van der Waals surface area contributed by atoms with Crippen LogP contribution in [0.3, 0.4) is 0 Å². The van der Waals surface area contributed by atoms with Gasteiger partial charge in [0, 0.05) is 21.5 Å². The molecular formula is C37H45IN4O5. The van der Waals surface area contributed by atoms with E-state index in [4.69, 9.17) is 14.2 Å². The van der Waals surface area contributed by atoms with Crippen molar-refractivity contribution in [3.63, 3.8) is 0 Å². The number of hydrogen-bond acceptors (Lipinski definition) is 6. The molecule has 0 radical (unpaired) electrons. The fourth-order valence-electron chi connectivity index (χ4n) is 6.93. The molecule has 2 atom stereocenters. The van der Waals surface area contributed by atoms with Crippen molar-refractivity contribution in [1.29, 1.82) is 0 Å². The van der Waals surface area contributed by atoms with E-state index in [1.165, 1.54) is 0 Å². The molecule has 9 nitrogen and oxygen atoms in total. The topological polar surface area (TPSA) is 91.0 Å². The van der Waals surface area contributed by atoms with Crippen molar-refractivity contribution in [3.8, 4) is 17.2 Å². The van der Waals surface area contributed by atoms with Crippen LogP contribution in [0.25, 0.3) is 0 Å². The summed E-state index contributed by atoms with van der Waals surface area (Å²) in [5, 5.41) is 16.3. The summed E-state index contributed by atoms with van der Waals surface area (Å²) in [6.07, 6.45) is 15.0. The quantitative estimate of drug-likeness (QED) is 0.0819. The van der Waals surface area contributed by atoms with Crippen LogP contribution in [0.1, 0.15) is 86.3 Å². The third kappa shape index (κ3) is 7.42. The molecule has 1 aliphatic carbocycles. The third-order valence-corrected chi connectivity index (χ3v) is 10.0. The number of methoxy groups -OCH3 is 1. The normalized spacial score (nSPS) is 18.6. The number of aromatic nitrogens is 1. The smallest absolute Gasteiger partial charge is 0.262 e. The Kier molecular flexibility index (Phi) is 10.6. The highest BCUT2D eigenvalue weighted by molar-refractivity contribution is 14.1. The maximum atomic E-state index is 13.6. The van der Waals surface area contributed by atoms with E-state index < -0.39 is 0 Å². The van der Waals surface area contributed by atoms with Gasteiger partial charge in [0.25, 0.3) is 5.91 Å². The van der Waals surface area contributed by atoms with E-state index in [1.54, 1.807) is 13.3 Å². The van der Waals surface area contributed by atoms with Gasteiger partial charge in [-0.15, -0.1) is 0 Å². The number of unbranched alkanes of at least 4 members (excludes halogenated alkanes) is 5. The lowest BCUT2D eigenvalue weighted by atomic mass is 9.92. The van der Waals surface area contributed by atoms with Crippen LogP contribution in [-0.2, 0) is 6.54 Å². The first kappa shape index (κ1) is 33.2. The summed E-state index contributed by atoms with van der Waals surface area (Å²) in [4.78, 5) is 15.4. The summed E-state index contributed by atoms with van der Waals surface area (Å²) in [5.41, 5.74) is 5.12. The lowest BCUT2D eigenvalue weighted by Crippen LogP contribution is -2.47. The van der Waals surface area contributed by atoms with Gasteiger partial charge in [0.05, 0.1) is 38.0 Å². The molecule has 1 amide bonds. The second kappa shape index (κ2) is 15.0. The van der Waals surface area contributed by atoms with Crippen LogP contribution in [0, 0.1) is 21.6 Å². The fourth-order valence-corrected chi connectivity index (χ4v) is 7.57. The highest BCUT2D eigenvalue weighted by Gasteiger charge is 2.33. The van der Waals surface area contributed by atoms with Crippen molar-refractivity contribution in [2.45, 2.75) is 84.3 Å². The summed E-state index contributed by atoms with van der Waals surface area (Å²) in [6.45, 7) is 6.05. The number of halogens is 1. The van der Waals surface area contributed by atoms with Gasteiger partial charge in [0.2, 0.25) is 6.21 Å². The van der Waals surface area contributed by atoms with E-state index in [0.717, 1.165) is 107 Å². The number of carbonyl (C=O) groups is 1. The Bertz CT molecular complexity index is 1660. The standard InChI is InChI=1S/C37H45IN4O5/c1-25-20-28(38)14-17-32(25)42-26(2)39-31-16-15-29(21-30(31)37(42)43)46-18-10-6-4-5-7-11-19-47-35-24-40-22-27-12-8-9-13-33(27)41(44)23-34(40)36(35)45-3/h13-17,20-21,23-24,26-27,39H,4-12,18-19,22H2,1-3H3/t26?,27-/m0/s1. The molecule has 0 fully saturated rings. The van der Waals surface area contributed by atoms with E-state index in [2.05, 4.69) is 44.6 Å². The molecule has 0 spiro atoms. The number of allylic oxidation sites excluding steroid dienone is 2. The largest absolute Gasteiger partial charge is 0.618 e. The van der Waals surface area contributed by atoms with Crippen LogP contribution in [0.4, 0.5) is 11.4 Å². The lowest BCUT2D eigenvalue weighted by molar-refractivity contribution is -0.406. The number of fused-ring (bicyclic) bond motifs is 3. The molecule has 6 rings (SSSR count). The minimum atomic E-state index is -0.147. The Labute approximate surface area is 291 Å². The predicted molar refractivity (Wildman–Crippen MR) is 194 cm³/mol. The number of hydrogen-bond donors (Lipinski definition) is 1. The van der Waals surface area contributed by atoms with Gasteiger partial charge in [-0.2, -0.15) is 4.74 Å². The van der Waals surface area contributed by atoms with Crippen LogP contribution in [0.2, 0.25) is 0 Å². The minimum Gasteiger partial charge on any atom is -0.618 e. The Hall–Kier alpha value is -3.67. The zero-order chi connectivity index (χ0) is 32.9. The maximum Gasteiger partial charge on any atom is 0.262 e. The highest BCUT2D eigenvalue weighted by Crippen LogP contribution is 2.38. The first-order valence-electron chi connectivity index (χ1n) is 16.9. The second-order valence-corrected chi connectivity index (χ2v) is 14.0. The van der Waals surface area contributed by atoms with E-state index >= 15 is 0 Å². The number of hydroxylamine groups is 1. The van der Waals surface area contributed by atoms with Crippen molar-refractivity contribution >= 4 is 46.1 Å². The summed E-state index contributed by atoms with van der Waals surface area (Å²) in [6, 6.07) is 11.9. The van der Waals surface area contributed by atoms with Crippen LogP contribution < -0.4 is 24.4 Å². The first-order chi connectivity index (χ1) is 22.8. The molecule has 0 bridgehead atoms. The van der Waals surface area contributed by atoms with Crippen molar-refractivity contribution in [1.82, 2.24) is 4.57 Å². The van der Waals surface area contributed by atoms with Crippen molar-refractivity contribution in [3.05, 3.63) is 80.0 Å². The van der Waals surface area contributed by atoms with Crippen LogP contribution in [0.15, 0.2) is 54.4 Å². The Morgan fingerprint density at radius 2 is 1.81 bits per heavy atom. The Morgan fingerprint density at radius 1 is 1.04 bits per heavy atom. The highest BCUT2D eigenvalue weighted by atomic mass is 127. The van der Waals surface area contributed by atoms with Crippen LogP contribution in [-0.4, -0.2) is 47.9 Å². The van der Waals surface area contributed by atoms with Crippen molar-refractivity contribution in [2.24, 2.45) is 5.92 Å². The zero-order valence-corrected chi connectivity index (χ0v) is 29.8. The molecule has 2 aliphatic heterocycles. The number of amides is 1. The number of nitrogens with zero attached hydrogens (tertiary/aromatic N) is 3. The molecule has 3 aliphatic rings. The van der Waals surface area contributed by atoms with E-state index in [9.17, 15) is 10.0 Å². The zero-order valence-electron chi connectivity index (χ0n) is 27.6. The molecule has 0 saturated heterocycles. The summed E-state index contributed by atoms with van der Waals surface area (Å²) in [5.74, 6) is 2.28. The number of benzene rings is 2. The summed E-state index contributed by atoms with van der Waals surface area (Å²) < 4.78 is 22.1. The molecule has 250 valence electrons. The Morgan fingerprint density at radius 3 is 2.57 bits per heavy atom. The molecule has 47 heavy (non-hydrogen) atoms. The van der Waals surface area contributed by atoms with Crippen LogP contribution in [0.5, 0.6) is 17.2 Å².